The van der Waals surface area contributed by atoms with Gasteiger partial charge in [-0.2, -0.15) is 0 Å². The molecular formula is C35H53N3O5. The molecule has 3 atom stereocenters. The molecule has 8 heteroatoms. The van der Waals surface area contributed by atoms with Gasteiger partial charge < -0.3 is 34.1 Å². The van der Waals surface area contributed by atoms with E-state index in [1.807, 2.05) is 26.2 Å². The van der Waals surface area contributed by atoms with E-state index in [1.165, 1.54) is 5.56 Å². The normalized spacial score (nSPS) is 20.4. The summed E-state index contributed by atoms with van der Waals surface area (Å²) in [7, 11) is 7.50. The van der Waals surface area contributed by atoms with Gasteiger partial charge in [0.2, 0.25) is 5.91 Å². The molecule has 43 heavy (non-hydrogen) atoms. The largest absolute Gasteiger partial charge is 0.497 e. The number of ether oxygens (including phenoxy) is 4. The number of rotatable bonds is 15. The zero-order valence-electron chi connectivity index (χ0n) is 27.2. The molecule has 4 rings (SSSR count). The van der Waals surface area contributed by atoms with E-state index in [2.05, 4.69) is 59.3 Å². The second kappa shape index (κ2) is 15.8. The minimum atomic E-state index is -0.421. The maximum Gasteiger partial charge on any atom is 0.225 e. The molecule has 238 valence electrons. The summed E-state index contributed by atoms with van der Waals surface area (Å²) in [5.74, 6) is 2.64. The van der Waals surface area contributed by atoms with E-state index in [4.69, 9.17) is 18.9 Å². The Hall–Kier alpha value is -2.81. The molecule has 1 aliphatic heterocycles. The van der Waals surface area contributed by atoms with Crippen molar-refractivity contribution in [3.8, 4) is 11.5 Å². The van der Waals surface area contributed by atoms with Gasteiger partial charge in [-0.1, -0.05) is 32.0 Å². The van der Waals surface area contributed by atoms with Crippen molar-refractivity contribution >= 4 is 11.6 Å². The van der Waals surface area contributed by atoms with E-state index < -0.39 is 5.41 Å². The zero-order chi connectivity index (χ0) is 30.8. The molecule has 1 heterocycles. The molecule has 1 amide bonds. The number of hydrogen-bond donors (Lipinski definition) is 1. The Morgan fingerprint density at radius 2 is 1.91 bits per heavy atom. The molecular weight excluding hydrogens is 542 g/mol. The van der Waals surface area contributed by atoms with Crippen LogP contribution < -0.4 is 19.7 Å². The van der Waals surface area contributed by atoms with Crippen molar-refractivity contribution in [1.82, 2.24) is 10.2 Å². The SMILES string of the molecule is COCCCN1CCOc2ccc(CO[C@H]3CC[C@H](CC(C)(C)C(=O)NCCN(C)C)C[C@@H]3c3ccc(OC)cc3)cc21. The molecule has 1 aliphatic carbocycles. The minimum absolute atomic E-state index is 0.103. The fourth-order valence-electron chi connectivity index (χ4n) is 6.51. The Morgan fingerprint density at radius 3 is 2.63 bits per heavy atom. The van der Waals surface area contributed by atoms with E-state index in [-0.39, 0.29) is 17.9 Å². The Balaban J connectivity index is 1.43. The number of carbonyl (C=O) groups excluding carboxylic acids is 1. The number of amides is 1. The van der Waals surface area contributed by atoms with Crippen LogP contribution in [0.4, 0.5) is 5.69 Å². The Morgan fingerprint density at radius 1 is 1.12 bits per heavy atom. The monoisotopic (exact) mass is 595 g/mol. The topological polar surface area (TPSA) is 72.5 Å². The summed E-state index contributed by atoms with van der Waals surface area (Å²) in [5, 5.41) is 3.15. The van der Waals surface area contributed by atoms with Crippen LogP contribution in [0.25, 0.3) is 0 Å². The van der Waals surface area contributed by atoms with Crippen LogP contribution in [0, 0.1) is 11.3 Å². The van der Waals surface area contributed by atoms with Crippen LogP contribution >= 0.6 is 0 Å². The van der Waals surface area contributed by atoms with Gasteiger partial charge in [0, 0.05) is 44.7 Å². The first-order valence-electron chi connectivity index (χ1n) is 15.9. The van der Waals surface area contributed by atoms with E-state index in [0.717, 1.165) is 81.1 Å². The summed E-state index contributed by atoms with van der Waals surface area (Å²) < 4.78 is 23.4. The second-order valence-corrected chi connectivity index (χ2v) is 13.0. The summed E-state index contributed by atoms with van der Waals surface area (Å²) in [6, 6.07) is 14.9. The van der Waals surface area contributed by atoms with Crippen LogP contribution in [0.5, 0.6) is 11.5 Å². The van der Waals surface area contributed by atoms with Gasteiger partial charge in [-0.3, -0.25) is 4.79 Å². The first kappa shape index (κ1) is 33.1. The summed E-state index contributed by atoms with van der Waals surface area (Å²) in [6.07, 6.45) is 4.97. The highest BCUT2D eigenvalue weighted by Gasteiger charge is 2.37. The standard InChI is InChI=1S/C35H53N3O5/c1-35(2,34(39)36-16-18-37(3)4)24-26-8-14-32(30(22-26)28-10-12-29(41-6)13-11-28)43-25-27-9-15-33-31(23-27)38(19-21-42-33)17-7-20-40-5/h9-13,15,23,26,30,32H,7-8,14,16-22,24-25H2,1-6H3,(H,36,39)/t26-,30+,32-/m0/s1. The number of nitrogens with zero attached hydrogens (tertiary/aromatic N) is 2. The van der Waals surface area contributed by atoms with Gasteiger partial charge in [-0.15, -0.1) is 0 Å². The van der Waals surface area contributed by atoms with Gasteiger partial charge >= 0.3 is 0 Å². The first-order chi connectivity index (χ1) is 20.7. The number of fused-ring (bicyclic) bond motifs is 1. The fraction of sp³-hybridized carbons (Fsp3) is 0.629. The Kier molecular flexibility index (Phi) is 12.1. The molecule has 1 saturated carbocycles. The highest BCUT2D eigenvalue weighted by atomic mass is 16.5. The van der Waals surface area contributed by atoms with Crippen LogP contribution in [0.1, 0.15) is 63.0 Å². The van der Waals surface area contributed by atoms with Crippen molar-refractivity contribution in [2.75, 3.05) is 72.6 Å². The third kappa shape index (κ3) is 9.34. The minimum Gasteiger partial charge on any atom is -0.497 e. The quantitative estimate of drug-likeness (QED) is 0.273. The van der Waals surface area contributed by atoms with Crippen molar-refractivity contribution < 1.29 is 23.7 Å². The first-order valence-corrected chi connectivity index (χ1v) is 15.9. The van der Waals surface area contributed by atoms with Crippen molar-refractivity contribution in [2.45, 2.75) is 64.6 Å². The predicted octanol–water partition coefficient (Wildman–Crippen LogP) is 5.49. The lowest BCUT2D eigenvalue weighted by Crippen LogP contribution is -2.42. The highest BCUT2D eigenvalue weighted by molar-refractivity contribution is 5.81. The average molecular weight is 596 g/mol. The number of anilines is 1. The van der Waals surface area contributed by atoms with Gasteiger partial charge in [0.25, 0.3) is 0 Å². The maximum atomic E-state index is 13.1. The van der Waals surface area contributed by atoms with Crippen LogP contribution in [0.15, 0.2) is 42.5 Å². The lowest BCUT2D eigenvalue weighted by molar-refractivity contribution is -0.130. The van der Waals surface area contributed by atoms with Gasteiger partial charge in [0.1, 0.15) is 18.1 Å². The van der Waals surface area contributed by atoms with Gasteiger partial charge in [0.15, 0.2) is 0 Å². The number of hydrogen-bond acceptors (Lipinski definition) is 7. The maximum absolute atomic E-state index is 13.1. The van der Waals surface area contributed by atoms with Crippen LogP contribution in [0.3, 0.4) is 0 Å². The number of methoxy groups -OCH3 is 2. The van der Waals surface area contributed by atoms with Crippen molar-refractivity contribution in [3.63, 3.8) is 0 Å². The van der Waals surface area contributed by atoms with E-state index in [0.29, 0.717) is 25.7 Å². The van der Waals surface area contributed by atoms with E-state index >= 15 is 0 Å². The van der Waals surface area contributed by atoms with Gasteiger partial charge in [-0.05, 0) is 87.5 Å². The third-order valence-electron chi connectivity index (χ3n) is 8.92. The molecule has 0 aromatic heterocycles. The van der Waals surface area contributed by atoms with E-state index in [1.54, 1.807) is 14.2 Å². The number of carbonyl (C=O) groups is 1. The molecule has 0 bridgehead atoms. The molecule has 0 saturated heterocycles. The van der Waals surface area contributed by atoms with Crippen molar-refractivity contribution in [1.29, 1.82) is 0 Å². The molecule has 0 unspecified atom stereocenters. The van der Waals surface area contributed by atoms with E-state index in [9.17, 15) is 4.79 Å². The number of likely N-dealkylation sites (N-methyl/N-ethyl adjacent to an activating group) is 1. The van der Waals surface area contributed by atoms with Crippen LogP contribution in [-0.4, -0.2) is 84.6 Å². The zero-order valence-corrected chi connectivity index (χ0v) is 27.2. The van der Waals surface area contributed by atoms with Gasteiger partial charge in [-0.25, -0.2) is 0 Å². The van der Waals surface area contributed by atoms with Crippen molar-refractivity contribution in [2.24, 2.45) is 11.3 Å². The number of nitrogens with one attached hydrogen (secondary N) is 1. The highest BCUT2D eigenvalue weighted by Crippen LogP contribution is 2.43. The Labute approximate surface area is 259 Å². The number of benzene rings is 2. The predicted molar refractivity (Wildman–Crippen MR) is 172 cm³/mol. The molecule has 1 fully saturated rings. The second-order valence-electron chi connectivity index (χ2n) is 13.0. The lowest BCUT2D eigenvalue weighted by Gasteiger charge is -2.39. The summed E-state index contributed by atoms with van der Waals surface area (Å²) in [5.41, 5.74) is 3.15. The molecule has 2 aliphatic rings. The summed E-state index contributed by atoms with van der Waals surface area (Å²) in [4.78, 5) is 17.6. The molecule has 2 aromatic carbocycles. The summed E-state index contributed by atoms with van der Waals surface area (Å²) in [6.45, 7) is 9.53. The fourth-order valence-corrected chi connectivity index (χ4v) is 6.51. The third-order valence-corrected chi connectivity index (χ3v) is 8.92. The van der Waals surface area contributed by atoms with Crippen LogP contribution in [0.2, 0.25) is 0 Å². The molecule has 0 spiro atoms. The molecule has 2 aromatic rings. The molecule has 1 N–H and O–H groups in total. The Bertz CT molecular complexity index is 1150. The summed E-state index contributed by atoms with van der Waals surface area (Å²) >= 11 is 0. The van der Waals surface area contributed by atoms with Crippen molar-refractivity contribution in [3.05, 3.63) is 53.6 Å². The lowest BCUT2D eigenvalue weighted by atomic mass is 9.70. The molecule has 0 radical (unpaired) electrons. The molecule has 8 nitrogen and oxygen atoms in total. The average Bonchev–Trinajstić information content (AvgIpc) is 3.00. The van der Waals surface area contributed by atoms with Gasteiger partial charge in [0.05, 0.1) is 32.1 Å². The van der Waals surface area contributed by atoms with Crippen LogP contribution in [-0.2, 0) is 20.9 Å². The smallest absolute Gasteiger partial charge is 0.225 e.